The lowest BCUT2D eigenvalue weighted by molar-refractivity contribution is 0.566. The standard InChI is InChI=1S/C11H9N3O/c1-8-6-10(9-3-5-15-7-9)13-11-2-4-12-14(8)11/h2-7,13H,1H2. The van der Waals surface area contributed by atoms with E-state index in [4.69, 9.17) is 4.42 Å². The predicted molar refractivity (Wildman–Crippen MR) is 57.9 cm³/mol. The van der Waals surface area contributed by atoms with Gasteiger partial charge in [-0.25, -0.2) is 4.68 Å². The van der Waals surface area contributed by atoms with Gasteiger partial charge in [-0.05, 0) is 12.1 Å². The molecule has 0 bridgehead atoms. The Bertz CT molecular complexity index is 534. The van der Waals surface area contributed by atoms with Gasteiger partial charge in [-0.2, -0.15) is 5.10 Å². The van der Waals surface area contributed by atoms with Gasteiger partial charge in [-0.15, -0.1) is 0 Å². The van der Waals surface area contributed by atoms with Gasteiger partial charge in [-0.1, -0.05) is 6.58 Å². The molecule has 3 rings (SSSR count). The largest absolute Gasteiger partial charge is 0.472 e. The minimum absolute atomic E-state index is 0.838. The molecule has 0 unspecified atom stereocenters. The average Bonchev–Trinajstić information content (AvgIpc) is 2.88. The number of rotatable bonds is 1. The summed E-state index contributed by atoms with van der Waals surface area (Å²) >= 11 is 0. The molecule has 74 valence electrons. The highest BCUT2D eigenvalue weighted by atomic mass is 16.3. The van der Waals surface area contributed by atoms with Crippen LogP contribution in [0.3, 0.4) is 0 Å². The van der Waals surface area contributed by atoms with Crippen LogP contribution >= 0.6 is 0 Å². The van der Waals surface area contributed by atoms with E-state index in [1.54, 1.807) is 23.4 Å². The van der Waals surface area contributed by atoms with Gasteiger partial charge >= 0.3 is 0 Å². The first kappa shape index (κ1) is 8.11. The lowest BCUT2D eigenvalue weighted by Gasteiger charge is -2.17. The highest BCUT2D eigenvalue weighted by Crippen LogP contribution is 2.27. The van der Waals surface area contributed by atoms with Crippen molar-refractivity contribution >= 4 is 17.2 Å². The Morgan fingerprint density at radius 1 is 1.40 bits per heavy atom. The van der Waals surface area contributed by atoms with Gasteiger partial charge < -0.3 is 9.73 Å². The summed E-state index contributed by atoms with van der Waals surface area (Å²) < 4.78 is 6.79. The van der Waals surface area contributed by atoms with E-state index in [1.807, 2.05) is 18.2 Å². The van der Waals surface area contributed by atoms with E-state index < -0.39 is 0 Å². The topological polar surface area (TPSA) is 43.0 Å². The molecule has 0 saturated carbocycles. The van der Waals surface area contributed by atoms with Gasteiger partial charge in [0.05, 0.1) is 30.1 Å². The molecule has 0 saturated heterocycles. The zero-order valence-electron chi connectivity index (χ0n) is 7.97. The SMILES string of the molecule is C=C1C=C(c2ccoc2)Nc2ccnn21. The number of aromatic nitrogens is 2. The quantitative estimate of drug-likeness (QED) is 0.766. The maximum Gasteiger partial charge on any atom is 0.134 e. The van der Waals surface area contributed by atoms with E-state index in [0.717, 1.165) is 22.8 Å². The molecule has 0 radical (unpaired) electrons. The normalized spacial score (nSPS) is 14.4. The number of fused-ring (bicyclic) bond motifs is 1. The minimum Gasteiger partial charge on any atom is -0.472 e. The first-order chi connectivity index (χ1) is 7.34. The van der Waals surface area contributed by atoms with Crippen molar-refractivity contribution < 1.29 is 4.42 Å². The fourth-order valence-electron chi connectivity index (χ4n) is 1.60. The zero-order chi connectivity index (χ0) is 10.3. The molecular weight excluding hydrogens is 190 g/mol. The number of furan rings is 1. The molecule has 4 heteroatoms. The fraction of sp³-hybridized carbons (Fsp3) is 0. The summed E-state index contributed by atoms with van der Waals surface area (Å²) in [5.74, 6) is 0.915. The molecular formula is C11H9N3O. The van der Waals surface area contributed by atoms with Crippen molar-refractivity contribution in [2.75, 3.05) is 5.32 Å². The summed E-state index contributed by atoms with van der Waals surface area (Å²) in [4.78, 5) is 0. The Balaban J connectivity index is 2.06. The van der Waals surface area contributed by atoms with E-state index in [1.165, 1.54) is 0 Å². The van der Waals surface area contributed by atoms with Crippen LogP contribution < -0.4 is 5.32 Å². The molecule has 0 fully saturated rings. The van der Waals surface area contributed by atoms with Crippen molar-refractivity contribution in [1.82, 2.24) is 9.78 Å². The summed E-state index contributed by atoms with van der Waals surface area (Å²) in [6.07, 6.45) is 7.01. The van der Waals surface area contributed by atoms with Crippen LogP contribution in [0, 0.1) is 0 Å². The van der Waals surface area contributed by atoms with Crippen LogP contribution in [-0.2, 0) is 0 Å². The van der Waals surface area contributed by atoms with Crippen molar-refractivity contribution in [3.63, 3.8) is 0 Å². The van der Waals surface area contributed by atoms with Crippen LogP contribution in [0.5, 0.6) is 0 Å². The van der Waals surface area contributed by atoms with Gasteiger partial charge in [0.1, 0.15) is 5.82 Å². The summed E-state index contributed by atoms with van der Waals surface area (Å²) in [7, 11) is 0. The highest BCUT2D eigenvalue weighted by Gasteiger charge is 2.14. The van der Waals surface area contributed by atoms with Gasteiger partial charge in [0, 0.05) is 11.6 Å². The molecule has 0 aliphatic carbocycles. The monoisotopic (exact) mass is 199 g/mol. The summed E-state index contributed by atoms with van der Waals surface area (Å²) in [5.41, 5.74) is 2.82. The maximum absolute atomic E-state index is 5.04. The van der Waals surface area contributed by atoms with Crippen molar-refractivity contribution in [3.05, 3.63) is 49.1 Å². The lowest BCUT2D eigenvalue weighted by Crippen LogP contribution is -2.11. The molecule has 2 aromatic rings. The van der Waals surface area contributed by atoms with Crippen molar-refractivity contribution in [2.24, 2.45) is 0 Å². The highest BCUT2D eigenvalue weighted by molar-refractivity contribution is 5.86. The number of allylic oxidation sites excluding steroid dienone is 2. The molecule has 1 N–H and O–H groups in total. The molecule has 1 aliphatic heterocycles. The maximum atomic E-state index is 5.04. The summed E-state index contributed by atoms with van der Waals surface area (Å²) in [6.45, 7) is 3.94. The Labute approximate surface area is 86.5 Å². The minimum atomic E-state index is 0.838. The van der Waals surface area contributed by atoms with Crippen molar-refractivity contribution in [3.8, 4) is 0 Å². The first-order valence-corrected chi connectivity index (χ1v) is 4.59. The van der Waals surface area contributed by atoms with Crippen molar-refractivity contribution in [2.45, 2.75) is 0 Å². The third kappa shape index (κ3) is 1.19. The number of nitrogens with zero attached hydrogens (tertiary/aromatic N) is 2. The third-order valence-corrected chi connectivity index (χ3v) is 2.32. The number of hydrogen-bond acceptors (Lipinski definition) is 3. The Kier molecular flexibility index (Phi) is 1.56. The second-order valence-electron chi connectivity index (χ2n) is 3.31. The van der Waals surface area contributed by atoms with Crippen LogP contribution in [-0.4, -0.2) is 9.78 Å². The second-order valence-corrected chi connectivity index (χ2v) is 3.31. The molecule has 0 aromatic carbocycles. The molecule has 0 atom stereocenters. The fourth-order valence-corrected chi connectivity index (χ4v) is 1.60. The Hall–Kier alpha value is -2.23. The molecule has 1 aliphatic rings. The number of hydrogen-bond donors (Lipinski definition) is 1. The Morgan fingerprint density at radius 2 is 2.33 bits per heavy atom. The molecule has 4 nitrogen and oxygen atoms in total. The van der Waals surface area contributed by atoms with E-state index in [2.05, 4.69) is 17.0 Å². The van der Waals surface area contributed by atoms with Crippen LogP contribution in [0.25, 0.3) is 11.4 Å². The predicted octanol–water partition coefficient (Wildman–Crippen LogP) is 2.41. The molecule has 15 heavy (non-hydrogen) atoms. The number of anilines is 1. The first-order valence-electron chi connectivity index (χ1n) is 4.59. The van der Waals surface area contributed by atoms with Gasteiger partial charge in [0.25, 0.3) is 0 Å². The second kappa shape index (κ2) is 2.88. The lowest BCUT2D eigenvalue weighted by atomic mass is 10.2. The summed E-state index contributed by atoms with van der Waals surface area (Å²) in [6, 6.07) is 3.80. The zero-order valence-corrected chi connectivity index (χ0v) is 7.97. The van der Waals surface area contributed by atoms with E-state index in [-0.39, 0.29) is 0 Å². The van der Waals surface area contributed by atoms with E-state index >= 15 is 0 Å². The van der Waals surface area contributed by atoms with Crippen molar-refractivity contribution in [1.29, 1.82) is 0 Å². The Morgan fingerprint density at radius 3 is 3.13 bits per heavy atom. The number of nitrogens with one attached hydrogen (secondary N) is 1. The molecule has 0 amide bonds. The average molecular weight is 199 g/mol. The summed E-state index contributed by atoms with van der Waals surface area (Å²) in [5, 5.41) is 7.39. The van der Waals surface area contributed by atoms with Gasteiger partial charge in [0.2, 0.25) is 0 Å². The molecule has 0 spiro atoms. The molecule has 2 aromatic heterocycles. The molecule has 3 heterocycles. The smallest absolute Gasteiger partial charge is 0.134 e. The van der Waals surface area contributed by atoms with Crippen LogP contribution in [0.4, 0.5) is 5.82 Å². The van der Waals surface area contributed by atoms with Gasteiger partial charge in [0.15, 0.2) is 0 Å². The van der Waals surface area contributed by atoms with Crippen LogP contribution in [0.15, 0.2) is 47.9 Å². The third-order valence-electron chi connectivity index (χ3n) is 2.32. The van der Waals surface area contributed by atoms with E-state index in [0.29, 0.717) is 0 Å². The van der Waals surface area contributed by atoms with Crippen LogP contribution in [0.1, 0.15) is 5.56 Å². The van der Waals surface area contributed by atoms with E-state index in [9.17, 15) is 0 Å². The van der Waals surface area contributed by atoms with Gasteiger partial charge in [-0.3, -0.25) is 0 Å². The van der Waals surface area contributed by atoms with Crippen LogP contribution in [0.2, 0.25) is 0 Å².